The fourth-order valence-corrected chi connectivity index (χ4v) is 3.76. The van der Waals surface area contributed by atoms with Crippen molar-refractivity contribution < 1.29 is 14.3 Å². The topological polar surface area (TPSA) is 72.6 Å². The van der Waals surface area contributed by atoms with E-state index in [1.54, 1.807) is 4.90 Å². The van der Waals surface area contributed by atoms with Crippen LogP contribution in [0.15, 0.2) is 48.5 Å². The molecule has 0 radical (unpaired) electrons. The van der Waals surface area contributed by atoms with Crippen LogP contribution in [0.3, 0.4) is 0 Å². The number of rotatable bonds is 6. The normalized spacial score (nSPS) is 19.4. The van der Waals surface area contributed by atoms with Gasteiger partial charge in [-0.1, -0.05) is 67.9 Å². The van der Waals surface area contributed by atoms with E-state index in [4.69, 9.17) is 10.5 Å². The minimum atomic E-state index is -1.20. The first-order chi connectivity index (χ1) is 13.8. The number of aryl methyl sites for hydroxylation is 1. The zero-order valence-electron chi connectivity index (χ0n) is 17.5. The number of hydrogen-bond acceptors (Lipinski definition) is 3. The van der Waals surface area contributed by atoms with Gasteiger partial charge < -0.3 is 15.4 Å². The van der Waals surface area contributed by atoms with Crippen LogP contribution >= 0.6 is 0 Å². The Bertz CT molecular complexity index is 876. The van der Waals surface area contributed by atoms with Crippen LogP contribution in [-0.4, -0.2) is 42.0 Å². The van der Waals surface area contributed by atoms with Crippen molar-refractivity contribution in [3.05, 3.63) is 59.7 Å². The van der Waals surface area contributed by atoms with Crippen molar-refractivity contribution in [1.29, 1.82) is 0 Å². The van der Waals surface area contributed by atoms with Gasteiger partial charge in [0.2, 0.25) is 5.91 Å². The second kappa shape index (κ2) is 8.78. The summed E-state index contributed by atoms with van der Waals surface area (Å²) < 4.78 is 5.91. The molecule has 29 heavy (non-hydrogen) atoms. The number of primary amides is 1. The standard InChI is InChI=1S/C24H30N2O3/c1-17(2)13-22(27)26-11-12-29-24(16-26,23(25)28)15-19-5-4-6-21(14-19)20-9-7-18(3)8-10-20/h4-10,14,17H,11-13,15-16H2,1-3H3,(H2,25,28). The SMILES string of the molecule is Cc1ccc(-c2cccc(CC3(C(N)=O)CN(C(=O)CC(C)C)CCO3)c2)cc1. The highest BCUT2D eigenvalue weighted by atomic mass is 16.5. The molecule has 2 aromatic carbocycles. The molecule has 0 bridgehead atoms. The van der Waals surface area contributed by atoms with Crippen LogP contribution < -0.4 is 5.73 Å². The summed E-state index contributed by atoms with van der Waals surface area (Å²) in [5, 5.41) is 0. The van der Waals surface area contributed by atoms with E-state index < -0.39 is 11.5 Å². The molecule has 5 heteroatoms. The van der Waals surface area contributed by atoms with Gasteiger partial charge in [0.15, 0.2) is 5.60 Å². The lowest BCUT2D eigenvalue weighted by Crippen LogP contribution is -2.61. The van der Waals surface area contributed by atoms with Gasteiger partial charge in [0.25, 0.3) is 5.91 Å². The molecule has 1 saturated heterocycles. The van der Waals surface area contributed by atoms with Gasteiger partial charge in [0, 0.05) is 19.4 Å². The van der Waals surface area contributed by atoms with E-state index >= 15 is 0 Å². The molecule has 0 aliphatic carbocycles. The Morgan fingerprint density at radius 3 is 2.52 bits per heavy atom. The lowest BCUT2D eigenvalue weighted by Gasteiger charge is -2.41. The van der Waals surface area contributed by atoms with Gasteiger partial charge in [-0.3, -0.25) is 9.59 Å². The smallest absolute Gasteiger partial charge is 0.251 e. The van der Waals surface area contributed by atoms with Gasteiger partial charge >= 0.3 is 0 Å². The van der Waals surface area contributed by atoms with E-state index in [9.17, 15) is 9.59 Å². The Morgan fingerprint density at radius 2 is 1.86 bits per heavy atom. The van der Waals surface area contributed by atoms with Crippen LogP contribution in [0.25, 0.3) is 11.1 Å². The van der Waals surface area contributed by atoms with E-state index in [2.05, 4.69) is 37.3 Å². The van der Waals surface area contributed by atoms with Gasteiger partial charge in [0.05, 0.1) is 13.2 Å². The van der Waals surface area contributed by atoms with Crippen LogP contribution in [-0.2, 0) is 20.7 Å². The van der Waals surface area contributed by atoms with Crippen LogP contribution in [0.1, 0.15) is 31.4 Å². The number of carbonyl (C=O) groups excluding carboxylic acids is 2. The maximum absolute atomic E-state index is 12.6. The summed E-state index contributed by atoms with van der Waals surface area (Å²) in [7, 11) is 0. The van der Waals surface area contributed by atoms with Gasteiger partial charge in [-0.2, -0.15) is 0 Å². The molecule has 1 unspecified atom stereocenters. The Morgan fingerprint density at radius 1 is 1.14 bits per heavy atom. The number of carbonyl (C=O) groups is 2. The molecule has 154 valence electrons. The summed E-state index contributed by atoms with van der Waals surface area (Å²) in [5.41, 5.74) is 8.94. The predicted octanol–water partition coefficient (Wildman–Crippen LogP) is 3.33. The maximum Gasteiger partial charge on any atom is 0.251 e. The van der Waals surface area contributed by atoms with Crippen LogP contribution in [0.4, 0.5) is 0 Å². The summed E-state index contributed by atoms with van der Waals surface area (Å²) in [5.74, 6) is -0.220. The minimum Gasteiger partial charge on any atom is -0.367 e. The number of ether oxygens (including phenoxy) is 1. The summed E-state index contributed by atoms with van der Waals surface area (Å²) >= 11 is 0. The average Bonchev–Trinajstić information content (AvgIpc) is 2.68. The second-order valence-corrected chi connectivity index (χ2v) is 8.36. The Balaban J connectivity index is 1.83. The van der Waals surface area contributed by atoms with Gasteiger partial charge in [-0.25, -0.2) is 0 Å². The highest BCUT2D eigenvalue weighted by Crippen LogP contribution is 2.27. The number of nitrogens with zero attached hydrogens (tertiary/aromatic N) is 1. The Kier molecular flexibility index (Phi) is 6.38. The summed E-state index contributed by atoms with van der Waals surface area (Å²) in [6, 6.07) is 16.4. The van der Waals surface area contributed by atoms with E-state index in [1.165, 1.54) is 5.56 Å². The zero-order chi connectivity index (χ0) is 21.0. The Hall–Kier alpha value is -2.66. The molecule has 2 N–H and O–H groups in total. The fourth-order valence-electron chi connectivity index (χ4n) is 3.76. The van der Waals surface area contributed by atoms with Crippen molar-refractivity contribution in [2.24, 2.45) is 11.7 Å². The highest BCUT2D eigenvalue weighted by Gasteiger charge is 2.43. The van der Waals surface area contributed by atoms with E-state index in [0.29, 0.717) is 26.0 Å². The third-order valence-corrected chi connectivity index (χ3v) is 5.37. The molecule has 1 atom stereocenters. The molecule has 0 saturated carbocycles. The molecule has 2 aromatic rings. The maximum atomic E-state index is 12.6. The summed E-state index contributed by atoms with van der Waals surface area (Å²) in [6.45, 7) is 7.08. The van der Waals surface area contributed by atoms with Crippen LogP contribution in [0.5, 0.6) is 0 Å². The van der Waals surface area contributed by atoms with E-state index in [-0.39, 0.29) is 18.4 Å². The van der Waals surface area contributed by atoms with Gasteiger partial charge in [-0.05, 0) is 29.5 Å². The molecule has 1 aliphatic heterocycles. The summed E-state index contributed by atoms with van der Waals surface area (Å²) in [6.07, 6.45) is 0.797. The molecule has 1 fully saturated rings. The van der Waals surface area contributed by atoms with E-state index in [0.717, 1.165) is 16.7 Å². The monoisotopic (exact) mass is 394 g/mol. The second-order valence-electron chi connectivity index (χ2n) is 8.36. The zero-order valence-corrected chi connectivity index (χ0v) is 17.5. The first-order valence-corrected chi connectivity index (χ1v) is 10.2. The molecular weight excluding hydrogens is 364 g/mol. The van der Waals surface area contributed by atoms with Crippen molar-refractivity contribution in [3.63, 3.8) is 0 Å². The van der Waals surface area contributed by atoms with Crippen molar-refractivity contribution in [3.8, 4) is 11.1 Å². The molecule has 1 heterocycles. The molecule has 2 amide bonds. The van der Waals surface area contributed by atoms with Gasteiger partial charge in [0.1, 0.15) is 0 Å². The molecule has 0 aromatic heterocycles. The van der Waals surface area contributed by atoms with Crippen molar-refractivity contribution in [2.75, 3.05) is 19.7 Å². The summed E-state index contributed by atoms with van der Waals surface area (Å²) in [4.78, 5) is 26.7. The molecular formula is C24H30N2O3. The van der Waals surface area contributed by atoms with Crippen LogP contribution in [0, 0.1) is 12.8 Å². The number of hydrogen-bond donors (Lipinski definition) is 1. The largest absolute Gasteiger partial charge is 0.367 e. The minimum absolute atomic E-state index is 0.0438. The van der Waals surface area contributed by atoms with Crippen molar-refractivity contribution in [2.45, 2.75) is 39.2 Å². The lowest BCUT2D eigenvalue weighted by molar-refractivity contribution is -0.163. The molecule has 5 nitrogen and oxygen atoms in total. The van der Waals surface area contributed by atoms with Crippen LogP contribution in [0.2, 0.25) is 0 Å². The first kappa shape index (κ1) is 21.1. The number of morpholine rings is 1. The molecule has 1 aliphatic rings. The first-order valence-electron chi connectivity index (χ1n) is 10.2. The van der Waals surface area contributed by atoms with E-state index in [1.807, 2.05) is 32.0 Å². The van der Waals surface area contributed by atoms with Gasteiger partial charge in [-0.15, -0.1) is 0 Å². The average molecular weight is 395 g/mol. The number of amides is 2. The lowest BCUT2D eigenvalue weighted by atomic mass is 9.90. The molecule has 0 spiro atoms. The molecule has 3 rings (SSSR count). The quantitative estimate of drug-likeness (QED) is 0.817. The number of nitrogens with two attached hydrogens (primary N) is 1. The number of benzene rings is 2. The predicted molar refractivity (Wildman–Crippen MR) is 114 cm³/mol. The Labute approximate surface area is 172 Å². The van der Waals surface area contributed by atoms with Crippen molar-refractivity contribution >= 4 is 11.8 Å². The fraction of sp³-hybridized carbons (Fsp3) is 0.417. The van der Waals surface area contributed by atoms with Crippen molar-refractivity contribution in [1.82, 2.24) is 4.90 Å². The third-order valence-electron chi connectivity index (χ3n) is 5.37. The highest BCUT2D eigenvalue weighted by molar-refractivity contribution is 5.86. The third kappa shape index (κ3) is 5.04.